The fourth-order valence-electron chi connectivity index (χ4n) is 8.76. The van der Waals surface area contributed by atoms with Gasteiger partial charge in [0.05, 0.1) is 38.0 Å². The average Bonchev–Trinajstić information content (AvgIpc) is 3.95. The van der Waals surface area contributed by atoms with Gasteiger partial charge in [-0.2, -0.15) is 0 Å². The number of hydrogen-bond acceptors (Lipinski definition) is 4. The molecule has 1 aliphatic rings. The van der Waals surface area contributed by atoms with Gasteiger partial charge in [-0.15, -0.1) is 11.3 Å². The second-order valence-electron chi connectivity index (χ2n) is 14.7. The molecule has 0 aliphatic heterocycles. The first-order valence-electron chi connectivity index (χ1n) is 19.2. The van der Waals surface area contributed by atoms with Crippen LogP contribution in [0.5, 0.6) is 0 Å². The number of allylic oxidation sites excluding steroid dienone is 4. The van der Waals surface area contributed by atoms with Crippen molar-refractivity contribution in [3.63, 3.8) is 0 Å². The van der Waals surface area contributed by atoms with Gasteiger partial charge in [0, 0.05) is 43.6 Å². The zero-order valence-corrected chi connectivity index (χ0v) is 31.1. The van der Waals surface area contributed by atoms with Gasteiger partial charge in [-0.25, -0.2) is 15.0 Å². The third-order valence-electron chi connectivity index (χ3n) is 11.4. The molecular formula is C51H32N4S. The predicted octanol–water partition coefficient (Wildman–Crippen LogP) is 13.8. The topological polar surface area (TPSA) is 43.1 Å². The Morgan fingerprint density at radius 2 is 1.21 bits per heavy atom. The lowest BCUT2D eigenvalue weighted by Gasteiger charge is -2.12. The summed E-state index contributed by atoms with van der Waals surface area (Å²) in [6.45, 7) is 0. The van der Waals surface area contributed by atoms with E-state index in [0.29, 0.717) is 0 Å². The van der Waals surface area contributed by atoms with Gasteiger partial charge in [0.25, 0.3) is 0 Å². The van der Waals surface area contributed by atoms with E-state index in [1.165, 1.54) is 53.9 Å². The fraction of sp³-hybridized carbons (Fsp3) is 0.0392. The minimum atomic E-state index is 0.719. The monoisotopic (exact) mass is 732 g/mol. The molecule has 0 saturated heterocycles. The second-order valence-corrected chi connectivity index (χ2v) is 15.7. The number of para-hydroxylation sites is 2. The second kappa shape index (κ2) is 12.3. The van der Waals surface area contributed by atoms with Gasteiger partial charge < -0.3 is 4.40 Å². The largest absolute Gasteiger partial charge is 0.308 e. The normalized spacial score (nSPS) is 13.2. The van der Waals surface area contributed by atoms with Crippen molar-refractivity contribution in [3.05, 3.63) is 175 Å². The maximum absolute atomic E-state index is 5.29. The summed E-state index contributed by atoms with van der Waals surface area (Å²) in [6, 6.07) is 54.3. The van der Waals surface area contributed by atoms with Gasteiger partial charge >= 0.3 is 0 Å². The molecule has 0 unspecified atom stereocenters. The Labute approximate surface area is 326 Å². The average molecular weight is 733 g/mol. The number of fused-ring (bicyclic) bond motifs is 9. The van der Waals surface area contributed by atoms with Crippen molar-refractivity contribution in [1.82, 2.24) is 19.4 Å². The van der Waals surface area contributed by atoms with Gasteiger partial charge in [-0.3, -0.25) is 0 Å². The summed E-state index contributed by atoms with van der Waals surface area (Å²) in [5.74, 6) is 0.719. The summed E-state index contributed by atoms with van der Waals surface area (Å²) < 4.78 is 3.69. The van der Waals surface area contributed by atoms with Crippen molar-refractivity contribution in [1.29, 1.82) is 0 Å². The summed E-state index contributed by atoms with van der Waals surface area (Å²) in [6.07, 6.45) is 8.99. The number of benzene rings is 7. The standard InChI is InChI=1S/C51H32N4S/c1-3-13-31(14-4-1)33-17-11-19-36(27-33)47-38-21-7-9-23-42(38)52-50(54-47)37-20-12-18-34(28-37)35-25-26-45-40(29-35)41-30-43-49(56-51(53-43)32-15-5-2-6-16-32)46-39-22-8-10-24-44(39)55(45)48(41)46/h2-3,5-30H,1,4H2. The van der Waals surface area contributed by atoms with Crippen LogP contribution in [0.25, 0.3) is 109 Å². The van der Waals surface area contributed by atoms with Gasteiger partial charge in [0.1, 0.15) is 5.01 Å². The molecule has 0 saturated carbocycles. The van der Waals surface area contributed by atoms with Crippen LogP contribution < -0.4 is 0 Å². The summed E-state index contributed by atoms with van der Waals surface area (Å²) >= 11 is 1.79. The molecule has 1 aliphatic carbocycles. The first kappa shape index (κ1) is 31.4. The maximum atomic E-state index is 5.29. The van der Waals surface area contributed by atoms with Crippen molar-refractivity contribution in [3.8, 4) is 44.3 Å². The van der Waals surface area contributed by atoms with Gasteiger partial charge in [0.2, 0.25) is 0 Å². The lowest BCUT2D eigenvalue weighted by molar-refractivity contribution is 1.04. The molecule has 5 heteroatoms. The lowest BCUT2D eigenvalue weighted by atomic mass is 9.96. The number of nitrogens with zero attached hydrogens (tertiary/aromatic N) is 4. The van der Waals surface area contributed by atoms with E-state index in [2.05, 4.69) is 174 Å². The zero-order chi connectivity index (χ0) is 36.7. The molecule has 56 heavy (non-hydrogen) atoms. The Kier molecular flexibility index (Phi) is 6.89. The smallest absolute Gasteiger partial charge is 0.160 e. The number of thiazole rings is 1. The maximum Gasteiger partial charge on any atom is 0.160 e. The summed E-state index contributed by atoms with van der Waals surface area (Å²) in [5, 5.41) is 7.10. The summed E-state index contributed by atoms with van der Waals surface area (Å²) in [5.41, 5.74) is 14.6. The van der Waals surface area contributed by atoms with Gasteiger partial charge in [-0.05, 0) is 77.6 Å². The molecule has 4 aromatic heterocycles. The van der Waals surface area contributed by atoms with Gasteiger partial charge in [-0.1, -0.05) is 127 Å². The van der Waals surface area contributed by atoms with Crippen molar-refractivity contribution < 1.29 is 0 Å². The SMILES string of the molecule is C1=CC(c2cccc(-c3nc(-c4cccc(-c5ccc6c(c5)c5cc7nc(-c8ccccc8)sc7c7c8ccccc8n6c57)c4)nc4ccccc34)c2)=CCC1. The molecule has 12 rings (SSSR count). The fourth-order valence-corrected chi connectivity index (χ4v) is 9.87. The summed E-state index contributed by atoms with van der Waals surface area (Å²) in [4.78, 5) is 15.6. The van der Waals surface area contributed by atoms with E-state index in [4.69, 9.17) is 15.0 Å². The van der Waals surface area contributed by atoms with Crippen LogP contribution in [-0.2, 0) is 0 Å². The molecule has 262 valence electrons. The number of aromatic nitrogens is 4. The highest BCUT2D eigenvalue weighted by molar-refractivity contribution is 7.22. The molecule has 11 aromatic rings. The lowest BCUT2D eigenvalue weighted by Crippen LogP contribution is -1.96. The van der Waals surface area contributed by atoms with Crippen molar-refractivity contribution in [2.45, 2.75) is 12.8 Å². The third-order valence-corrected chi connectivity index (χ3v) is 12.5. The van der Waals surface area contributed by atoms with E-state index in [1.54, 1.807) is 11.3 Å². The minimum absolute atomic E-state index is 0.719. The highest BCUT2D eigenvalue weighted by Crippen LogP contribution is 2.46. The predicted molar refractivity (Wildman–Crippen MR) is 235 cm³/mol. The van der Waals surface area contributed by atoms with Crippen LogP contribution in [0, 0.1) is 0 Å². The van der Waals surface area contributed by atoms with Crippen LogP contribution in [0.2, 0.25) is 0 Å². The highest BCUT2D eigenvalue weighted by Gasteiger charge is 2.23. The van der Waals surface area contributed by atoms with Crippen molar-refractivity contribution in [2.24, 2.45) is 0 Å². The minimum Gasteiger partial charge on any atom is -0.308 e. The first-order valence-corrected chi connectivity index (χ1v) is 20.0. The van der Waals surface area contributed by atoms with Gasteiger partial charge in [0.15, 0.2) is 5.82 Å². The Hall–Kier alpha value is -6.95. The molecule has 0 atom stereocenters. The molecule has 4 nitrogen and oxygen atoms in total. The molecule has 0 spiro atoms. The van der Waals surface area contributed by atoms with Crippen LogP contribution in [0.4, 0.5) is 0 Å². The quantitative estimate of drug-likeness (QED) is 0.177. The molecule has 7 aromatic carbocycles. The van der Waals surface area contributed by atoms with Crippen LogP contribution in [0.15, 0.2) is 170 Å². The molecule has 4 heterocycles. The zero-order valence-electron chi connectivity index (χ0n) is 30.3. The van der Waals surface area contributed by atoms with E-state index in [9.17, 15) is 0 Å². The Morgan fingerprint density at radius 3 is 2.11 bits per heavy atom. The molecule has 0 fully saturated rings. The molecule has 0 radical (unpaired) electrons. The Morgan fingerprint density at radius 1 is 0.482 bits per heavy atom. The number of hydrogen-bond donors (Lipinski definition) is 0. The Bertz CT molecular complexity index is 3420. The molecular weight excluding hydrogens is 701 g/mol. The first-order chi connectivity index (χ1) is 27.7. The van der Waals surface area contributed by atoms with E-state index in [1.807, 2.05) is 0 Å². The van der Waals surface area contributed by atoms with E-state index in [0.717, 1.165) is 73.6 Å². The molecule has 0 bridgehead atoms. The molecule has 0 amide bonds. The van der Waals surface area contributed by atoms with Crippen LogP contribution in [0.1, 0.15) is 18.4 Å². The van der Waals surface area contributed by atoms with E-state index < -0.39 is 0 Å². The van der Waals surface area contributed by atoms with Crippen LogP contribution >= 0.6 is 11.3 Å². The highest BCUT2D eigenvalue weighted by atomic mass is 32.1. The summed E-state index contributed by atoms with van der Waals surface area (Å²) in [7, 11) is 0. The van der Waals surface area contributed by atoms with Crippen LogP contribution in [0.3, 0.4) is 0 Å². The number of rotatable bonds is 5. The Balaban J connectivity index is 1.01. The third kappa shape index (κ3) is 4.81. The van der Waals surface area contributed by atoms with Crippen molar-refractivity contribution in [2.75, 3.05) is 0 Å². The van der Waals surface area contributed by atoms with Crippen molar-refractivity contribution >= 4 is 76.1 Å². The van der Waals surface area contributed by atoms with E-state index in [-0.39, 0.29) is 0 Å². The molecule has 0 N–H and O–H groups in total. The van der Waals surface area contributed by atoms with Crippen LogP contribution in [-0.4, -0.2) is 19.4 Å². The van der Waals surface area contributed by atoms with E-state index >= 15 is 0 Å².